The number of esters is 1. The average molecular weight is 419 g/mol. The van der Waals surface area contributed by atoms with Gasteiger partial charge in [0.15, 0.2) is 0 Å². The smallest absolute Gasteiger partial charge is 0.325 e. The van der Waals surface area contributed by atoms with Crippen LogP contribution in [0, 0.1) is 10.1 Å². The molecule has 0 saturated heterocycles. The number of rotatable bonds is 7. The third-order valence-electron chi connectivity index (χ3n) is 4.21. The average Bonchev–Trinajstić information content (AvgIpc) is 3.06. The Labute approximate surface area is 165 Å². The Morgan fingerprint density at radius 3 is 2.59 bits per heavy atom. The van der Waals surface area contributed by atoms with Crippen molar-refractivity contribution in [1.82, 2.24) is 4.57 Å². The van der Waals surface area contributed by atoms with E-state index in [2.05, 4.69) is 9.46 Å². The lowest BCUT2D eigenvalue weighted by atomic mass is 10.2. The molecule has 2 aromatic carbocycles. The van der Waals surface area contributed by atoms with E-state index >= 15 is 0 Å². The molecule has 0 atom stereocenters. The van der Waals surface area contributed by atoms with Crippen LogP contribution in [0.25, 0.3) is 10.9 Å². The third-order valence-corrected chi connectivity index (χ3v) is 5.60. The van der Waals surface area contributed by atoms with Gasteiger partial charge in [-0.25, -0.2) is 8.42 Å². The summed E-state index contributed by atoms with van der Waals surface area (Å²) in [5.41, 5.74) is 0.262. The summed E-state index contributed by atoms with van der Waals surface area (Å²) in [4.78, 5) is 22.0. The normalized spacial score (nSPS) is 11.2. The predicted octanol–water partition coefficient (Wildman–Crippen LogP) is 2.53. The highest BCUT2D eigenvalue weighted by Gasteiger charge is 2.25. The van der Waals surface area contributed by atoms with E-state index < -0.39 is 20.9 Å². The lowest BCUT2D eigenvalue weighted by Gasteiger charge is -2.11. The van der Waals surface area contributed by atoms with E-state index in [-0.39, 0.29) is 28.2 Å². The Bertz CT molecular complexity index is 1200. The van der Waals surface area contributed by atoms with Gasteiger partial charge in [-0.1, -0.05) is 12.1 Å². The lowest BCUT2D eigenvalue weighted by molar-refractivity contribution is -0.384. The summed E-state index contributed by atoms with van der Waals surface area (Å²) in [7, 11) is -1.55. The highest BCUT2D eigenvalue weighted by atomic mass is 32.2. The second-order valence-corrected chi connectivity index (χ2v) is 7.61. The zero-order valence-corrected chi connectivity index (χ0v) is 16.3. The van der Waals surface area contributed by atoms with E-state index in [0.29, 0.717) is 11.3 Å². The van der Waals surface area contributed by atoms with Gasteiger partial charge in [-0.15, -0.1) is 0 Å². The van der Waals surface area contributed by atoms with Crippen molar-refractivity contribution in [3.8, 4) is 5.75 Å². The number of non-ortho nitro benzene ring substituents is 1. The highest BCUT2D eigenvalue weighted by Crippen LogP contribution is 2.32. The van der Waals surface area contributed by atoms with Crippen molar-refractivity contribution < 1.29 is 27.6 Å². The molecule has 0 unspecified atom stereocenters. The predicted molar refractivity (Wildman–Crippen MR) is 104 cm³/mol. The number of nitro benzene ring substituents is 1. The van der Waals surface area contributed by atoms with Gasteiger partial charge in [0.05, 0.1) is 30.3 Å². The number of para-hydroxylation sites is 2. The van der Waals surface area contributed by atoms with Crippen LogP contribution in [0.3, 0.4) is 0 Å². The van der Waals surface area contributed by atoms with Crippen LogP contribution in [-0.4, -0.2) is 38.1 Å². The minimum atomic E-state index is -4.16. The molecular weight excluding hydrogens is 402 g/mol. The van der Waals surface area contributed by atoms with Gasteiger partial charge in [0.25, 0.3) is 15.7 Å². The second kappa shape index (κ2) is 7.80. The quantitative estimate of drug-likeness (QED) is 0.354. The SMILES string of the molecule is COC(=O)Cn1cc(S(=O)(=O)Nc2ccccc2OC)c2cc([N+](=O)[O-])ccc21. The molecule has 3 rings (SSSR count). The first-order valence-electron chi connectivity index (χ1n) is 8.26. The molecule has 0 aliphatic heterocycles. The molecule has 152 valence electrons. The van der Waals surface area contributed by atoms with Crippen molar-refractivity contribution in [3.63, 3.8) is 0 Å². The fourth-order valence-corrected chi connectivity index (χ4v) is 4.13. The number of hydrogen-bond acceptors (Lipinski definition) is 7. The van der Waals surface area contributed by atoms with Crippen molar-refractivity contribution >= 4 is 38.3 Å². The summed E-state index contributed by atoms with van der Waals surface area (Å²) in [6.07, 6.45) is 1.24. The number of benzene rings is 2. The highest BCUT2D eigenvalue weighted by molar-refractivity contribution is 7.93. The molecular formula is C18H17N3O7S. The van der Waals surface area contributed by atoms with Crippen LogP contribution < -0.4 is 9.46 Å². The molecule has 0 fully saturated rings. The number of hydrogen-bond donors (Lipinski definition) is 1. The standard InChI is InChI=1S/C18H17N3O7S/c1-27-16-6-4-3-5-14(16)19-29(25,26)17-10-20(11-18(22)28-2)15-8-7-12(21(23)24)9-13(15)17/h3-10,19H,11H2,1-2H3. The maximum atomic E-state index is 13.1. The second-order valence-electron chi connectivity index (χ2n) is 5.96. The number of ether oxygens (including phenoxy) is 2. The number of carbonyl (C=O) groups excluding carboxylic acids is 1. The summed E-state index contributed by atoms with van der Waals surface area (Å²) in [5, 5.41) is 11.3. The van der Waals surface area contributed by atoms with Crippen LogP contribution in [0.2, 0.25) is 0 Å². The van der Waals surface area contributed by atoms with Gasteiger partial charge >= 0.3 is 5.97 Å². The van der Waals surface area contributed by atoms with E-state index in [1.165, 1.54) is 43.2 Å². The Morgan fingerprint density at radius 2 is 1.93 bits per heavy atom. The monoisotopic (exact) mass is 419 g/mol. The van der Waals surface area contributed by atoms with Crippen LogP contribution in [0.4, 0.5) is 11.4 Å². The minimum absolute atomic E-state index is 0.102. The van der Waals surface area contributed by atoms with E-state index in [1.807, 2.05) is 0 Å². The van der Waals surface area contributed by atoms with Crippen molar-refractivity contribution in [1.29, 1.82) is 0 Å². The molecule has 0 aliphatic carbocycles. The van der Waals surface area contributed by atoms with Gasteiger partial charge in [-0.3, -0.25) is 19.6 Å². The van der Waals surface area contributed by atoms with Crippen molar-refractivity contribution in [2.24, 2.45) is 0 Å². The first-order valence-corrected chi connectivity index (χ1v) is 9.75. The Hall–Kier alpha value is -3.60. The van der Waals surface area contributed by atoms with Crippen LogP contribution in [-0.2, 0) is 26.1 Å². The van der Waals surface area contributed by atoms with Crippen molar-refractivity contribution in [3.05, 3.63) is 58.8 Å². The van der Waals surface area contributed by atoms with Crippen LogP contribution in [0.15, 0.2) is 53.6 Å². The third kappa shape index (κ3) is 3.99. The summed E-state index contributed by atoms with van der Waals surface area (Å²) >= 11 is 0. The van der Waals surface area contributed by atoms with E-state index in [4.69, 9.17) is 4.74 Å². The number of nitrogens with one attached hydrogen (secondary N) is 1. The van der Waals surface area contributed by atoms with E-state index in [1.54, 1.807) is 18.2 Å². The zero-order chi connectivity index (χ0) is 21.2. The number of anilines is 1. The molecule has 3 aromatic rings. The number of sulfonamides is 1. The minimum Gasteiger partial charge on any atom is -0.495 e. The Morgan fingerprint density at radius 1 is 1.21 bits per heavy atom. The van der Waals surface area contributed by atoms with Crippen LogP contribution >= 0.6 is 0 Å². The maximum Gasteiger partial charge on any atom is 0.325 e. The van der Waals surface area contributed by atoms with Gasteiger partial charge < -0.3 is 14.0 Å². The van der Waals surface area contributed by atoms with Gasteiger partial charge in [0, 0.05) is 23.7 Å². The van der Waals surface area contributed by atoms with Crippen molar-refractivity contribution in [2.45, 2.75) is 11.4 Å². The van der Waals surface area contributed by atoms with Gasteiger partial charge in [-0.2, -0.15) is 0 Å². The number of carbonyl (C=O) groups is 1. The number of nitrogens with zero attached hydrogens (tertiary/aromatic N) is 2. The fourth-order valence-electron chi connectivity index (χ4n) is 2.84. The lowest BCUT2D eigenvalue weighted by Crippen LogP contribution is -2.14. The molecule has 0 saturated carbocycles. The van der Waals surface area contributed by atoms with Gasteiger partial charge in [0.1, 0.15) is 17.2 Å². The molecule has 1 N–H and O–H groups in total. The van der Waals surface area contributed by atoms with Crippen LogP contribution in [0.1, 0.15) is 0 Å². The first-order chi connectivity index (χ1) is 13.8. The number of methoxy groups -OCH3 is 2. The Balaban J connectivity index is 2.16. The van der Waals surface area contributed by atoms with E-state index in [0.717, 1.165) is 6.07 Å². The van der Waals surface area contributed by atoms with Gasteiger partial charge in [-0.05, 0) is 18.2 Å². The van der Waals surface area contributed by atoms with Gasteiger partial charge in [0.2, 0.25) is 0 Å². The van der Waals surface area contributed by atoms with Crippen LogP contribution in [0.5, 0.6) is 5.75 Å². The topological polar surface area (TPSA) is 130 Å². The molecule has 1 heterocycles. The fraction of sp³-hybridized carbons (Fsp3) is 0.167. The number of aromatic nitrogens is 1. The molecule has 11 heteroatoms. The molecule has 29 heavy (non-hydrogen) atoms. The maximum absolute atomic E-state index is 13.1. The molecule has 0 bridgehead atoms. The number of nitro groups is 1. The largest absolute Gasteiger partial charge is 0.495 e. The number of fused-ring (bicyclic) bond motifs is 1. The van der Waals surface area contributed by atoms with E-state index in [9.17, 15) is 23.3 Å². The molecule has 1 aromatic heterocycles. The molecule has 10 nitrogen and oxygen atoms in total. The molecule has 0 spiro atoms. The first kappa shape index (κ1) is 20.1. The summed E-state index contributed by atoms with van der Waals surface area (Å²) in [6.45, 7) is -0.255. The molecule has 0 radical (unpaired) electrons. The van der Waals surface area contributed by atoms with Crippen molar-refractivity contribution in [2.75, 3.05) is 18.9 Å². The summed E-state index contributed by atoms with van der Waals surface area (Å²) in [5.74, 6) is -0.290. The molecule has 0 aliphatic rings. The molecule has 0 amide bonds. The summed E-state index contributed by atoms with van der Waals surface area (Å²) in [6, 6.07) is 10.2. The zero-order valence-electron chi connectivity index (χ0n) is 15.5. The Kier molecular flexibility index (Phi) is 5.41. The summed E-state index contributed by atoms with van der Waals surface area (Å²) < 4.78 is 39.7.